The molecular formula is C10H14N2O4. The van der Waals surface area contributed by atoms with Crippen molar-refractivity contribution in [3.8, 4) is 0 Å². The molecule has 1 aromatic carbocycles. The Balaban J connectivity index is 2.77. The summed E-state index contributed by atoms with van der Waals surface area (Å²) in [4.78, 5) is 9.89. The molecule has 0 aliphatic carbocycles. The zero-order valence-electron chi connectivity index (χ0n) is 8.83. The van der Waals surface area contributed by atoms with E-state index in [9.17, 15) is 20.3 Å². The number of aliphatic hydroxyl groups is 2. The second kappa shape index (κ2) is 5.55. The lowest BCUT2D eigenvalue weighted by atomic mass is 10.0. The summed E-state index contributed by atoms with van der Waals surface area (Å²) in [6.07, 6.45) is -1.99. The van der Waals surface area contributed by atoms with Gasteiger partial charge in [-0.25, -0.2) is 0 Å². The Morgan fingerprint density at radius 2 is 1.94 bits per heavy atom. The largest absolute Gasteiger partial charge is 0.389 e. The van der Waals surface area contributed by atoms with Crippen LogP contribution in [0.1, 0.15) is 11.7 Å². The van der Waals surface area contributed by atoms with Crippen LogP contribution in [0.5, 0.6) is 0 Å². The molecule has 6 nitrogen and oxygen atoms in total. The van der Waals surface area contributed by atoms with Crippen molar-refractivity contribution in [1.29, 1.82) is 0 Å². The molecule has 0 spiro atoms. The molecule has 0 amide bonds. The van der Waals surface area contributed by atoms with Gasteiger partial charge < -0.3 is 15.5 Å². The minimum absolute atomic E-state index is 0.0425. The highest BCUT2D eigenvalue weighted by Gasteiger charge is 2.18. The zero-order valence-corrected chi connectivity index (χ0v) is 8.83. The summed E-state index contributed by atoms with van der Waals surface area (Å²) in [5.41, 5.74) is 0.410. The third kappa shape index (κ3) is 2.99. The van der Waals surface area contributed by atoms with E-state index in [-0.39, 0.29) is 12.2 Å². The van der Waals surface area contributed by atoms with E-state index in [4.69, 9.17) is 0 Å². The second-order valence-corrected chi connectivity index (χ2v) is 3.42. The van der Waals surface area contributed by atoms with E-state index in [0.717, 1.165) is 0 Å². The maximum absolute atomic E-state index is 10.4. The third-order valence-electron chi connectivity index (χ3n) is 2.22. The first-order valence-electron chi connectivity index (χ1n) is 4.81. The maximum atomic E-state index is 10.4. The first-order valence-corrected chi connectivity index (χ1v) is 4.81. The molecule has 6 heteroatoms. The number of rotatable bonds is 5. The average Bonchev–Trinajstić information content (AvgIpc) is 2.28. The molecular weight excluding hydrogens is 212 g/mol. The van der Waals surface area contributed by atoms with E-state index in [1.165, 1.54) is 24.3 Å². The zero-order chi connectivity index (χ0) is 12.1. The van der Waals surface area contributed by atoms with Gasteiger partial charge in [-0.1, -0.05) is 0 Å². The molecule has 0 aromatic heterocycles. The van der Waals surface area contributed by atoms with Crippen LogP contribution in [0.2, 0.25) is 0 Å². The van der Waals surface area contributed by atoms with Crippen LogP contribution in [0.25, 0.3) is 0 Å². The average molecular weight is 226 g/mol. The van der Waals surface area contributed by atoms with Crippen LogP contribution in [-0.2, 0) is 0 Å². The van der Waals surface area contributed by atoms with Crippen LogP contribution < -0.4 is 5.32 Å². The molecule has 0 radical (unpaired) electrons. The maximum Gasteiger partial charge on any atom is 0.269 e. The van der Waals surface area contributed by atoms with Gasteiger partial charge in [0.25, 0.3) is 5.69 Å². The first kappa shape index (κ1) is 12.6. The van der Waals surface area contributed by atoms with Crippen LogP contribution in [0.15, 0.2) is 24.3 Å². The fourth-order valence-corrected chi connectivity index (χ4v) is 1.34. The number of hydrogen-bond acceptors (Lipinski definition) is 5. The number of hydrogen-bond donors (Lipinski definition) is 3. The number of aliphatic hydroxyl groups excluding tert-OH is 2. The Bertz CT molecular complexity index is 352. The molecule has 16 heavy (non-hydrogen) atoms. The highest BCUT2D eigenvalue weighted by Crippen LogP contribution is 2.19. The molecule has 0 aliphatic heterocycles. The van der Waals surface area contributed by atoms with Crippen molar-refractivity contribution in [3.63, 3.8) is 0 Å². The molecule has 0 saturated carbocycles. The molecule has 0 heterocycles. The minimum atomic E-state index is -1.05. The van der Waals surface area contributed by atoms with Crippen LogP contribution in [0, 0.1) is 10.1 Å². The Hall–Kier alpha value is -1.50. The summed E-state index contributed by atoms with van der Waals surface area (Å²) < 4.78 is 0. The predicted molar refractivity (Wildman–Crippen MR) is 58.0 cm³/mol. The van der Waals surface area contributed by atoms with E-state index >= 15 is 0 Å². The van der Waals surface area contributed by atoms with Crippen molar-refractivity contribution in [2.75, 3.05) is 13.6 Å². The predicted octanol–water partition coefficient (Wildman–Crippen LogP) is 0.209. The van der Waals surface area contributed by atoms with Crippen LogP contribution >= 0.6 is 0 Å². The number of nitrogens with zero attached hydrogens (tertiary/aromatic N) is 1. The topological polar surface area (TPSA) is 95.6 Å². The monoisotopic (exact) mass is 226 g/mol. The third-order valence-corrected chi connectivity index (χ3v) is 2.22. The standard InChI is InChI=1S/C10H14N2O4/c1-11-6-9(13)10(14)7-2-4-8(5-3-7)12(15)16/h2-5,9-11,13-14H,6H2,1H3. The number of nitro benzene ring substituents is 1. The number of likely N-dealkylation sites (N-methyl/N-ethyl adjacent to an activating group) is 1. The molecule has 0 aliphatic rings. The second-order valence-electron chi connectivity index (χ2n) is 3.42. The van der Waals surface area contributed by atoms with Crippen molar-refractivity contribution in [1.82, 2.24) is 5.32 Å². The summed E-state index contributed by atoms with van der Waals surface area (Å²) in [6.45, 7) is 0.248. The summed E-state index contributed by atoms with van der Waals surface area (Å²) >= 11 is 0. The molecule has 3 N–H and O–H groups in total. The quantitative estimate of drug-likeness (QED) is 0.492. The molecule has 0 bridgehead atoms. The first-order chi connectivity index (χ1) is 7.56. The minimum Gasteiger partial charge on any atom is -0.389 e. The van der Waals surface area contributed by atoms with Gasteiger partial charge in [-0.3, -0.25) is 10.1 Å². The number of nitro groups is 1. The summed E-state index contributed by atoms with van der Waals surface area (Å²) in [5, 5.41) is 32.3. The molecule has 1 rings (SSSR count). The molecule has 1 aromatic rings. The molecule has 88 valence electrons. The van der Waals surface area contributed by atoms with Crippen molar-refractivity contribution in [2.45, 2.75) is 12.2 Å². The SMILES string of the molecule is CNCC(O)C(O)c1ccc([N+](=O)[O-])cc1. The van der Waals surface area contributed by atoms with Gasteiger partial charge in [-0.05, 0) is 24.7 Å². The fraction of sp³-hybridized carbons (Fsp3) is 0.400. The van der Waals surface area contributed by atoms with E-state index < -0.39 is 17.1 Å². The summed E-state index contributed by atoms with van der Waals surface area (Å²) in [5.74, 6) is 0. The lowest BCUT2D eigenvalue weighted by Crippen LogP contribution is -2.29. The highest BCUT2D eigenvalue weighted by atomic mass is 16.6. The van der Waals surface area contributed by atoms with Crippen LogP contribution in [-0.4, -0.2) is 34.8 Å². The Labute approximate surface area is 92.7 Å². The van der Waals surface area contributed by atoms with Crippen molar-refractivity contribution in [2.24, 2.45) is 0 Å². The normalized spacial score (nSPS) is 14.4. The van der Waals surface area contributed by atoms with Crippen molar-refractivity contribution in [3.05, 3.63) is 39.9 Å². The smallest absolute Gasteiger partial charge is 0.269 e. The lowest BCUT2D eigenvalue weighted by Gasteiger charge is -2.17. The summed E-state index contributed by atoms with van der Waals surface area (Å²) in [7, 11) is 1.66. The van der Waals surface area contributed by atoms with E-state index in [1.807, 2.05) is 0 Å². The lowest BCUT2D eigenvalue weighted by molar-refractivity contribution is -0.384. The van der Waals surface area contributed by atoms with Gasteiger partial charge in [-0.15, -0.1) is 0 Å². The van der Waals surface area contributed by atoms with Crippen LogP contribution in [0.3, 0.4) is 0 Å². The molecule has 0 saturated heterocycles. The number of benzene rings is 1. The van der Waals surface area contributed by atoms with Crippen LogP contribution in [0.4, 0.5) is 5.69 Å². The molecule has 0 fully saturated rings. The van der Waals surface area contributed by atoms with E-state index in [2.05, 4.69) is 5.32 Å². The van der Waals surface area contributed by atoms with Crippen molar-refractivity contribution >= 4 is 5.69 Å². The van der Waals surface area contributed by atoms with E-state index in [1.54, 1.807) is 7.05 Å². The fourth-order valence-electron chi connectivity index (χ4n) is 1.34. The number of non-ortho nitro benzene ring substituents is 1. The van der Waals surface area contributed by atoms with Gasteiger partial charge in [0.1, 0.15) is 6.10 Å². The molecule has 2 atom stereocenters. The van der Waals surface area contributed by atoms with Crippen molar-refractivity contribution < 1.29 is 15.1 Å². The number of nitrogens with one attached hydrogen (secondary N) is 1. The van der Waals surface area contributed by atoms with Gasteiger partial charge in [0.2, 0.25) is 0 Å². The van der Waals surface area contributed by atoms with Gasteiger partial charge in [-0.2, -0.15) is 0 Å². The van der Waals surface area contributed by atoms with Gasteiger partial charge in [0.15, 0.2) is 0 Å². The highest BCUT2D eigenvalue weighted by molar-refractivity contribution is 5.34. The Kier molecular flexibility index (Phi) is 4.36. The van der Waals surface area contributed by atoms with Gasteiger partial charge >= 0.3 is 0 Å². The van der Waals surface area contributed by atoms with E-state index in [0.29, 0.717) is 5.56 Å². The summed E-state index contributed by atoms with van der Waals surface area (Å²) in [6, 6.07) is 5.46. The Morgan fingerprint density at radius 3 is 2.38 bits per heavy atom. The van der Waals surface area contributed by atoms with Gasteiger partial charge in [0.05, 0.1) is 11.0 Å². The Morgan fingerprint density at radius 1 is 1.38 bits per heavy atom. The van der Waals surface area contributed by atoms with Gasteiger partial charge in [0, 0.05) is 18.7 Å². The molecule has 2 unspecified atom stereocenters.